The molecule has 32 heavy (non-hydrogen) atoms. The Morgan fingerprint density at radius 1 is 1.00 bits per heavy atom. The second-order valence-corrected chi connectivity index (χ2v) is 9.22. The number of ether oxygens (including phenoxy) is 1. The van der Waals surface area contributed by atoms with Gasteiger partial charge in [0.25, 0.3) is 11.8 Å². The SMILES string of the molecule is O=C(Nc1ccc(Cl)cc1)c1nnc(C(=O)N2CCC(CC(=O)N3CCOCC3)CC2)s1. The third kappa shape index (κ3) is 5.62. The second kappa shape index (κ2) is 10.4. The van der Waals surface area contributed by atoms with Crippen LogP contribution in [0, 0.1) is 5.92 Å². The lowest BCUT2D eigenvalue weighted by atomic mass is 9.93. The summed E-state index contributed by atoms with van der Waals surface area (Å²) in [6, 6.07) is 6.71. The van der Waals surface area contributed by atoms with Gasteiger partial charge in [0, 0.05) is 43.3 Å². The van der Waals surface area contributed by atoms with Gasteiger partial charge in [-0.05, 0) is 43.0 Å². The van der Waals surface area contributed by atoms with E-state index >= 15 is 0 Å². The molecule has 2 fully saturated rings. The topological polar surface area (TPSA) is 105 Å². The van der Waals surface area contributed by atoms with E-state index in [1.807, 2.05) is 4.90 Å². The van der Waals surface area contributed by atoms with Gasteiger partial charge in [0.15, 0.2) is 0 Å². The maximum absolute atomic E-state index is 12.8. The third-order valence-electron chi connectivity index (χ3n) is 5.63. The summed E-state index contributed by atoms with van der Waals surface area (Å²) in [6.07, 6.45) is 2.05. The number of aromatic nitrogens is 2. The van der Waals surface area contributed by atoms with Gasteiger partial charge >= 0.3 is 0 Å². The Morgan fingerprint density at radius 3 is 2.34 bits per heavy atom. The first-order chi connectivity index (χ1) is 15.5. The van der Waals surface area contributed by atoms with Crippen molar-refractivity contribution in [2.24, 2.45) is 5.92 Å². The summed E-state index contributed by atoms with van der Waals surface area (Å²) in [5, 5.41) is 11.4. The fourth-order valence-corrected chi connectivity index (χ4v) is 4.62. The summed E-state index contributed by atoms with van der Waals surface area (Å²) in [7, 11) is 0. The highest BCUT2D eigenvalue weighted by Gasteiger charge is 2.29. The molecule has 11 heteroatoms. The minimum absolute atomic E-state index is 0.120. The fourth-order valence-electron chi connectivity index (χ4n) is 3.78. The largest absolute Gasteiger partial charge is 0.378 e. The van der Waals surface area contributed by atoms with Gasteiger partial charge in [-0.2, -0.15) is 0 Å². The van der Waals surface area contributed by atoms with Crippen LogP contribution in [0.3, 0.4) is 0 Å². The third-order valence-corrected chi connectivity index (χ3v) is 6.80. The van der Waals surface area contributed by atoms with Gasteiger partial charge in [0.2, 0.25) is 15.9 Å². The maximum Gasteiger partial charge on any atom is 0.286 e. The van der Waals surface area contributed by atoms with Crippen molar-refractivity contribution in [1.82, 2.24) is 20.0 Å². The summed E-state index contributed by atoms with van der Waals surface area (Å²) in [6.45, 7) is 3.63. The number of amides is 3. The number of hydrogen-bond acceptors (Lipinski definition) is 7. The Bertz CT molecular complexity index is 969. The molecule has 3 amide bonds. The first kappa shape index (κ1) is 22.6. The number of benzene rings is 1. The van der Waals surface area contributed by atoms with E-state index < -0.39 is 5.91 Å². The number of nitrogens with one attached hydrogen (secondary N) is 1. The van der Waals surface area contributed by atoms with E-state index in [-0.39, 0.29) is 27.7 Å². The molecule has 0 unspecified atom stereocenters. The molecule has 1 aromatic carbocycles. The molecule has 1 aromatic heterocycles. The Hall–Kier alpha value is -2.56. The number of morpholine rings is 1. The monoisotopic (exact) mass is 477 g/mol. The summed E-state index contributed by atoms with van der Waals surface area (Å²) in [5.74, 6) is -0.224. The van der Waals surface area contributed by atoms with Crippen molar-refractivity contribution in [2.75, 3.05) is 44.7 Å². The molecule has 0 radical (unpaired) electrons. The number of hydrogen-bond donors (Lipinski definition) is 1. The van der Waals surface area contributed by atoms with Crippen molar-refractivity contribution in [3.8, 4) is 0 Å². The van der Waals surface area contributed by atoms with Crippen molar-refractivity contribution in [2.45, 2.75) is 19.3 Å². The Labute approximate surface area is 194 Å². The highest BCUT2D eigenvalue weighted by atomic mass is 35.5. The lowest BCUT2D eigenvalue weighted by Crippen LogP contribution is -2.43. The molecule has 2 aliphatic heterocycles. The molecule has 9 nitrogen and oxygen atoms in total. The first-order valence-corrected chi connectivity index (χ1v) is 11.7. The van der Waals surface area contributed by atoms with Crippen LogP contribution in [-0.2, 0) is 9.53 Å². The number of nitrogens with zero attached hydrogens (tertiary/aromatic N) is 4. The number of carbonyl (C=O) groups excluding carboxylic acids is 3. The molecule has 3 heterocycles. The van der Waals surface area contributed by atoms with E-state index in [0.717, 1.165) is 24.2 Å². The molecule has 2 aromatic rings. The first-order valence-electron chi connectivity index (χ1n) is 10.5. The van der Waals surface area contributed by atoms with Crippen molar-refractivity contribution < 1.29 is 19.1 Å². The number of likely N-dealkylation sites (tertiary alicyclic amines) is 1. The van der Waals surface area contributed by atoms with Gasteiger partial charge in [0.1, 0.15) is 0 Å². The van der Waals surface area contributed by atoms with Gasteiger partial charge in [-0.15, -0.1) is 10.2 Å². The number of anilines is 1. The van der Waals surface area contributed by atoms with E-state index in [9.17, 15) is 14.4 Å². The molecule has 0 aliphatic carbocycles. The minimum Gasteiger partial charge on any atom is -0.378 e. The summed E-state index contributed by atoms with van der Waals surface area (Å²) >= 11 is 6.82. The standard InChI is InChI=1S/C21H24ClN5O4S/c22-15-1-3-16(4-2-15)23-18(29)19-24-25-20(32-19)21(30)27-7-5-14(6-8-27)13-17(28)26-9-11-31-12-10-26/h1-4,14H,5-13H2,(H,23,29). The van der Waals surface area contributed by atoms with Crippen LogP contribution in [0.25, 0.3) is 0 Å². The number of piperidine rings is 1. The van der Waals surface area contributed by atoms with E-state index in [0.29, 0.717) is 56.5 Å². The predicted molar refractivity (Wildman–Crippen MR) is 120 cm³/mol. The molecule has 0 bridgehead atoms. The van der Waals surface area contributed by atoms with Crippen LogP contribution < -0.4 is 5.32 Å². The van der Waals surface area contributed by atoms with E-state index in [2.05, 4.69) is 15.5 Å². The van der Waals surface area contributed by atoms with Crippen molar-refractivity contribution in [1.29, 1.82) is 0 Å². The summed E-state index contributed by atoms with van der Waals surface area (Å²) in [5.41, 5.74) is 0.580. The molecule has 2 saturated heterocycles. The van der Waals surface area contributed by atoms with E-state index in [4.69, 9.17) is 16.3 Å². The molecule has 0 spiro atoms. The number of rotatable bonds is 5. The fraction of sp³-hybridized carbons (Fsp3) is 0.476. The normalized spacial score (nSPS) is 17.3. The highest BCUT2D eigenvalue weighted by molar-refractivity contribution is 7.15. The summed E-state index contributed by atoms with van der Waals surface area (Å²) < 4.78 is 5.29. The van der Waals surface area contributed by atoms with Gasteiger partial charge in [-0.1, -0.05) is 22.9 Å². The predicted octanol–water partition coefficient (Wildman–Crippen LogP) is 2.54. The lowest BCUT2D eigenvalue weighted by Gasteiger charge is -2.33. The molecular formula is C21H24ClN5O4S. The van der Waals surface area contributed by atoms with Crippen LogP contribution in [0.1, 0.15) is 38.9 Å². The Morgan fingerprint density at radius 2 is 1.66 bits per heavy atom. The zero-order valence-corrected chi connectivity index (χ0v) is 19.0. The average molecular weight is 478 g/mol. The number of carbonyl (C=O) groups is 3. The zero-order chi connectivity index (χ0) is 22.5. The molecule has 170 valence electrons. The highest BCUT2D eigenvalue weighted by Crippen LogP contribution is 2.24. The Kier molecular flexibility index (Phi) is 7.33. The van der Waals surface area contributed by atoms with Crippen molar-refractivity contribution >= 4 is 46.3 Å². The van der Waals surface area contributed by atoms with Gasteiger partial charge in [-0.25, -0.2) is 0 Å². The van der Waals surface area contributed by atoms with E-state index in [1.165, 1.54) is 0 Å². The molecule has 1 N–H and O–H groups in total. The Balaban J connectivity index is 1.27. The van der Waals surface area contributed by atoms with Crippen LogP contribution in [0.2, 0.25) is 5.02 Å². The molecule has 0 saturated carbocycles. The number of halogens is 1. The molecule has 2 aliphatic rings. The minimum atomic E-state index is -0.427. The average Bonchev–Trinajstić information content (AvgIpc) is 3.32. The van der Waals surface area contributed by atoms with Gasteiger partial charge in [-0.3, -0.25) is 14.4 Å². The van der Waals surface area contributed by atoms with Crippen molar-refractivity contribution in [3.63, 3.8) is 0 Å². The van der Waals surface area contributed by atoms with Crippen LogP contribution in [0.4, 0.5) is 5.69 Å². The van der Waals surface area contributed by atoms with E-state index in [1.54, 1.807) is 29.2 Å². The summed E-state index contributed by atoms with van der Waals surface area (Å²) in [4.78, 5) is 41.2. The molecule has 0 atom stereocenters. The second-order valence-electron chi connectivity index (χ2n) is 7.81. The van der Waals surface area contributed by atoms with Crippen LogP contribution in [0.15, 0.2) is 24.3 Å². The zero-order valence-electron chi connectivity index (χ0n) is 17.5. The van der Waals surface area contributed by atoms with Crippen molar-refractivity contribution in [3.05, 3.63) is 39.3 Å². The van der Waals surface area contributed by atoms with Crippen LogP contribution in [0.5, 0.6) is 0 Å². The molecule has 4 rings (SSSR count). The quantitative estimate of drug-likeness (QED) is 0.709. The maximum atomic E-state index is 12.8. The van der Waals surface area contributed by atoms with Gasteiger partial charge < -0.3 is 19.9 Å². The lowest BCUT2D eigenvalue weighted by molar-refractivity contribution is -0.136. The smallest absolute Gasteiger partial charge is 0.286 e. The van der Waals surface area contributed by atoms with Crippen LogP contribution in [-0.4, -0.2) is 77.1 Å². The van der Waals surface area contributed by atoms with Gasteiger partial charge in [0.05, 0.1) is 13.2 Å². The van der Waals surface area contributed by atoms with Crippen LogP contribution >= 0.6 is 22.9 Å². The molecular weight excluding hydrogens is 454 g/mol.